The quantitative estimate of drug-likeness (QED) is 0.772. The van der Waals surface area contributed by atoms with Gasteiger partial charge in [0.2, 0.25) is 0 Å². The first-order valence-electron chi connectivity index (χ1n) is 8.18. The van der Waals surface area contributed by atoms with Crippen LogP contribution in [0.3, 0.4) is 0 Å². The van der Waals surface area contributed by atoms with E-state index in [1.54, 1.807) is 6.92 Å². The number of esters is 1. The lowest BCUT2D eigenvalue weighted by Crippen LogP contribution is -2.37. The predicted octanol–water partition coefficient (Wildman–Crippen LogP) is 2.70. The number of fused-ring (bicyclic) bond motifs is 1. The van der Waals surface area contributed by atoms with Crippen LogP contribution in [0.25, 0.3) is 10.9 Å². The van der Waals surface area contributed by atoms with Crippen molar-refractivity contribution in [3.63, 3.8) is 0 Å². The Balaban J connectivity index is 1.42. The number of hydrogen-bond acceptors (Lipinski definition) is 3. The number of carbonyl (C=O) groups is 2. The fraction of sp³-hybridized carbons (Fsp3) is 0.444. The summed E-state index contributed by atoms with van der Waals surface area (Å²) in [6.45, 7) is 1.62. The summed E-state index contributed by atoms with van der Waals surface area (Å²) in [6, 6.07) is 8.39. The molecule has 1 fully saturated rings. The van der Waals surface area contributed by atoms with Gasteiger partial charge in [0, 0.05) is 29.6 Å². The molecule has 1 saturated carbocycles. The molecule has 2 N–H and O–H groups in total. The second kappa shape index (κ2) is 6.86. The zero-order valence-corrected chi connectivity index (χ0v) is 13.3. The largest absolute Gasteiger partial charge is 0.453 e. The third kappa shape index (κ3) is 4.12. The fourth-order valence-corrected chi connectivity index (χ4v) is 2.62. The Morgan fingerprint density at radius 1 is 1.35 bits per heavy atom. The number of hydrogen-bond donors (Lipinski definition) is 2. The summed E-state index contributed by atoms with van der Waals surface area (Å²) in [5, 5.41) is 4.03. The highest BCUT2D eigenvalue weighted by molar-refractivity contribution is 5.84. The van der Waals surface area contributed by atoms with Crippen molar-refractivity contribution < 1.29 is 14.3 Å². The zero-order valence-electron chi connectivity index (χ0n) is 13.3. The molecule has 0 saturated heterocycles. The first kappa shape index (κ1) is 15.6. The van der Waals surface area contributed by atoms with Gasteiger partial charge in [0.05, 0.1) is 0 Å². The highest BCUT2D eigenvalue weighted by Gasteiger charge is 2.27. The molecule has 122 valence electrons. The van der Waals surface area contributed by atoms with Crippen LogP contribution in [0.15, 0.2) is 30.5 Å². The van der Waals surface area contributed by atoms with Gasteiger partial charge in [-0.3, -0.25) is 9.59 Å². The molecule has 0 aliphatic heterocycles. The Bertz CT molecular complexity index is 703. The number of rotatable bonds is 7. The molecule has 5 nitrogen and oxygen atoms in total. The Hall–Kier alpha value is -2.30. The number of para-hydroxylation sites is 1. The minimum atomic E-state index is -0.712. The van der Waals surface area contributed by atoms with Crippen molar-refractivity contribution in [3.8, 4) is 0 Å². The third-order valence-electron chi connectivity index (χ3n) is 4.10. The Labute approximate surface area is 135 Å². The van der Waals surface area contributed by atoms with Gasteiger partial charge in [-0.2, -0.15) is 0 Å². The minimum Gasteiger partial charge on any atom is -0.453 e. The van der Waals surface area contributed by atoms with Crippen molar-refractivity contribution in [2.75, 3.05) is 0 Å². The van der Waals surface area contributed by atoms with Crippen LogP contribution in [-0.4, -0.2) is 29.0 Å². The lowest BCUT2D eigenvalue weighted by Gasteiger charge is -2.13. The van der Waals surface area contributed by atoms with Crippen LogP contribution in [0.4, 0.5) is 0 Å². The topological polar surface area (TPSA) is 71.2 Å². The van der Waals surface area contributed by atoms with E-state index in [9.17, 15) is 9.59 Å². The number of aryl methyl sites for hydroxylation is 1. The van der Waals surface area contributed by atoms with Crippen LogP contribution in [0.2, 0.25) is 0 Å². The van der Waals surface area contributed by atoms with E-state index < -0.39 is 6.10 Å². The van der Waals surface area contributed by atoms with E-state index in [2.05, 4.69) is 16.4 Å². The molecule has 2 aromatic rings. The molecule has 0 bridgehead atoms. The first-order chi connectivity index (χ1) is 11.1. The Kier molecular flexibility index (Phi) is 4.65. The van der Waals surface area contributed by atoms with E-state index in [1.807, 2.05) is 24.4 Å². The highest BCUT2D eigenvalue weighted by Crippen LogP contribution is 2.20. The van der Waals surface area contributed by atoms with Gasteiger partial charge in [-0.15, -0.1) is 0 Å². The number of benzene rings is 1. The standard InChI is InChI=1S/C18H22N2O3/c1-12(18(22)20-14-9-10-14)23-17(21)8-4-5-13-11-19-16-7-3-2-6-15(13)16/h2-3,6-7,11-12,14,19H,4-5,8-10H2,1H3,(H,20,22)/t12-/m1/s1. The van der Waals surface area contributed by atoms with E-state index >= 15 is 0 Å². The van der Waals surface area contributed by atoms with Crippen LogP contribution >= 0.6 is 0 Å². The van der Waals surface area contributed by atoms with E-state index in [-0.39, 0.29) is 17.9 Å². The molecule has 1 aliphatic carbocycles. The van der Waals surface area contributed by atoms with Crippen LogP contribution < -0.4 is 5.32 Å². The zero-order chi connectivity index (χ0) is 16.2. The lowest BCUT2D eigenvalue weighted by molar-refractivity contribution is -0.154. The Morgan fingerprint density at radius 3 is 2.91 bits per heavy atom. The number of nitrogens with one attached hydrogen (secondary N) is 2. The molecule has 0 radical (unpaired) electrons. The second-order valence-corrected chi connectivity index (χ2v) is 6.13. The molecule has 3 rings (SSSR count). The summed E-state index contributed by atoms with van der Waals surface area (Å²) in [6.07, 6.45) is 5.16. The van der Waals surface area contributed by atoms with Gasteiger partial charge in [0.15, 0.2) is 6.10 Å². The smallest absolute Gasteiger partial charge is 0.306 e. The first-order valence-corrected chi connectivity index (χ1v) is 8.18. The summed E-state index contributed by atoms with van der Waals surface area (Å²) in [5.74, 6) is -0.513. The predicted molar refractivity (Wildman–Crippen MR) is 88.0 cm³/mol. The summed E-state index contributed by atoms with van der Waals surface area (Å²) < 4.78 is 5.19. The van der Waals surface area contributed by atoms with Gasteiger partial charge in [-0.05, 0) is 44.2 Å². The van der Waals surface area contributed by atoms with Crippen molar-refractivity contribution in [3.05, 3.63) is 36.0 Å². The molecule has 23 heavy (non-hydrogen) atoms. The summed E-state index contributed by atoms with van der Waals surface area (Å²) >= 11 is 0. The molecular weight excluding hydrogens is 292 g/mol. The number of aromatic nitrogens is 1. The number of H-pyrrole nitrogens is 1. The average Bonchev–Trinajstić information content (AvgIpc) is 3.26. The highest BCUT2D eigenvalue weighted by atomic mass is 16.5. The number of amides is 1. The summed E-state index contributed by atoms with van der Waals surface area (Å²) in [7, 11) is 0. The van der Waals surface area contributed by atoms with Gasteiger partial charge in [-0.25, -0.2) is 0 Å². The van der Waals surface area contributed by atoms with Crippen LogP contribution in [0.1, 0.15) is 38.2 Å². The van der Waals surface area contributed by atoms with Crippen LogP contribution in [-0.2, 0) is 20.7 Å². The summed E-state index contributed by atoms with van der Waals surface area (Å²) in [5.41, 5.74) is 2.31. The maximum Gasteiger partial charge on any atom is 0.306 e. The van der Waals surface area contributed by atoms with E-state index in [0.29, 0.717) is 12.8 Å². The van der Waals surface area contributed by atoms with Crippen molar-refractivity contribution in [2.24, 2.45) is 0 Å². The SMILES string of the molecule is C[C@@H](OC(=O)CCCc1c[nH]c2ccccc12)C(=O)NC1CC1. The molecule has 5 heteroatoms. The normalized spacial score (nSPS) is 15.3. The molecule has 0 unspecified atom stereocenters. The summed E-state index contributed by atoms with van der Waals surface area (Å²) in [4.78, 5) is 26.8. The fourth-order valence-electron chi connectivity index (χ4n) is 2.62. The van der Waals surface area contributed by atoms with Crippen molar-refractivity contribution >= 4 is 22.8 Å². The van der Waals surface area contributed by atoms with Crippen molar-refractivity contribution in [1.29, 1.82) is 0 Å². The maximum absolute atomic E-state index is 11.8. The lowest BCUT2D eigenvalue weighted by atomic mass is 10.1. The monoisotopic (exact) mass is 314 g/mol. The number of ether oxygens (including phenoxy) is 1. The third-order valence-corrected chi connectivity index (χ3v) is 4.10. The van der Waals surface area contributed by atoms with Crippen LogP contribution in [0, 0.1) is 0 Å². The molecule has 1 heterocycles. The average molecular weight is 314 g/mol. The van der Waals surface area contributed by atoms with Gasteiger partial charge in [0.1, 0.15) is 0 Å². The van der Waals surface area contributed by atoms with Crippen LogP contribution in [0.5, 0.6) is 0 Å². The van der Waals surface area contributed by atoms with Gasteiger partial charge < -0.3 is 15.0 Å². The Morgan fingerprint density at radius 2 is 2.13 bits per heavy atom. The molecule has 0 spiro atoms. The van der Waals surface area contributed by atoms with E-state index in [0.717, 1.165) is 24.8 Å². The second-order valence-electron chi connectivity index (χ2n) is 6.13. The molecule has 1 aromatic heterocycles. The van der Waals surface area contributed by atoms with Gasteiger partial charge in [-0.1, -0.05) is 18.2 Å². The molecule has 1 atom stereocenters. The van der Waals surface area contributed by atoms with E-state index in [1.165, 1.54) is 10.9 Å². The minimum absolute atomic E-state index is 0.197. The molecule has 1 aliphatic rings. The van der Waals surface area contributed by atoms with Gasteiger partial charge in [0.25, 0.3) is 5.91 Å². The maximum atomic E-state index is 11.8. The number of aromatic amines is 1. The molecular formula is C18H22N2O3. The van der Waals surface area contributed by atoms with Crippen molar-refractivity contribution in [2.45, 2.75) is 51.2 Å². The van der Waals surface area contributed by atoms with Crippen molar-refractivity contribution in [1.82, 2.24) is 10.3 Å². The molecule has 1 aromatic carbocycles. The number of carbonyl (C=O) groups excluding carboxylic acids is 2. The van der Waals surface area contributed by atoms with Gasteiger partial charge >= 0.3 is 5.97 Å². The van der Waals surface area contributed by atoms with E-state index in [4.69, 9.17) is 4.74 Å². The molecule has 1 amide bonds.